The van der Waals surface area contributed by atoms with Crippen LogP contribution in [0.25, 0.3) is 66.9 Å². The number of unbranched alkanes of at least 4 members (excludes halogenated alkanes) is 1. The quantitative estimate of drug-likeness (QED) is 0.0979. The highest BCUT2D eigenvalue weighted by molar-refractivity contribution is 6.13. The summed E-state index contributed by atoms with van der Waals surface area (Å²) in [5, 5.41) is 7.81. The van der Waals surface area contributed by atoms with Gasteiger partial charge in [0.25, 0.3) is 0 Å². The van der Waals surface area contributed by atoms with Gasteiger partial charge in [-0.3, -0.25) is 19.2 Å². The van der Waals surface area contributed by atoms with Crippen molar-refractivity contribution in [2.75, 3.05) is 46.6 Å². The summed E-state index contributed by atoms with van der Waals surface area (Å²) in [6.07, 6.45) is 7.98. The summed E-state index contributed by atoms with van der Waals surface area (Å²) in [4.78, 5) is 47.7. The van der Waals surface area contributed by atoms with Gasteiger partial charge in [-0.25, -0.2) is 19.9 Å². The number of methoxy groups -OCH3 is 1. The number of benzene rings is 2. The number of primary amides is 2. The van der Waals surface area contributed by atoms with Crippen LogP contribution in [0.4, 0.5) is 0 Å². The molecule has 64 heavy (non-hydrogen) atoms. The molecule has 0 bridgehead atoms. The Hall–Kier alpha value is -6.85. The Morgan fingerprint density at radius 3 is 1.89 bits per heavy atom. The Kier molecular flexibility index (Phi) is 11.8. The van der Waals surface area contributed by atoms with Gasteiger partial charge < -0.3 is 39.4 Å². The van der Waals surface area contributed by atoms with Crippen molar-refractivity contribution in [1.29, 1.82) is 0 Å². The second-order valence-electron chi connectivity index (χ2n) is 16.4. The van der Waals surface area contributed by atoms with E-state index in [0.29, 0.717) is 66.2 Å². The van der Waals surface area contributed by atoms with Gasteiger partial charge in [0.2, 0.25) is 11.8 Å². The third-order valence-electron chi connectivity index (χ3n) is 12.1. The average molecular weight is 867 g/mol. The first-order valence-corrected chi connectivity index (χ1v) is 22.0. The topological polar surface area (TPSA) is 201 Å². The van der Waals surface area contributed by atoms with Crippen LogP contribution in [0.15, 0.2) is 55.0 Å². The Morgan fingerprint density at radius 1 is 0.719 bits per heavy atom. The Morgan fingerprint density at radius 2 is 1.31 bits per heavy atom. The Balaban J connectivity index is 1.11. The van der Waals surface area contributed by atoms with Gasteiger partial charge in [0.05, 0.1) is 49.4 Å². The molecule has 1 saturated heterocycles. The number of amides is 2. The molecule has 7 heterocycles. The summed E-state index contributed by atoms with van der Waals surface area (Å²) in [6.45, 7) is 15.3. The first-order chi connectivity index (χ1) is 31.1. The van der Waals surface area contributed by atoms with Gasteiger partial charge in [0.15, 0.2) is 11.6 Å². The smallest absolute Gasteiger partial charge is 0.248 e. The summed E-state index contributed by atoms with van der Waals surface area (Å²) >= 11 is 0. The van der Waals surface area contributed by atoms with Crippen LogP contribution in [-0.4, -0.2) is 107 Å². The van der Waals surface area contributed by atoms with Crippen molar-refractivity contribution < 1.29 is 23.8 Å². The number of carbonyl (C=O) groups excluding carboxylic acids is 2. The number of hydrogen-bond acceptors (Lipinski definition) is 11. The summed E-state index contributed by atoms with van der Waals surface area (Å²) in [7, 11) is 1.59. The van der Waals surface area contributed by atoms with Gasteiger partial charge in [-0.1, -0.05) is 0 Å². The van der Waals surface area contributed by atoms with Crippen LogP contribution in [0.3, 0.4) is 0 Å². The first kappa shape index (κ1) is 42.5. The number of fused-ring (bicyclic) bond motifs is 6. The van der Waals surface area contributed by atoms with E-state index >= 15 is 0 Å². The van der Waals surface area contributed by atoms with Crippen molar-refractivity contribution in [3.05, 3.63) is 77.4 Å². The van der Waals surface area contributed by atoms with Crippen molar-refractivity contribution in [2.45, 2.75) is 73.1 Å². The summed E-state index contributed by atoms with van der Waals surface area (Å²) in [6, 6.07) is 11.1. The maximum absolute atomic E-state index is 12.8. The third-order valence-corrected chi connectivity index (χ3v) is 12.1. The molecule has 2 aromatic carbocycles. The van der Waals surface area contributed by atoms with E-state index in [1.807, 2.05) is 43.1 Å². The molecule has 1 fully saturated rings. The van der Waals surface area contributed by atoms with Gasteiger partial charge in [0, 0.05) is 97.1 Å². The van der Waals surface area contributed by atoms with E-state index in [0.717, 1.165) is 120 Å². The molecule has 0 radical (unpaired) electrons. The number of ether oxygens (including phenoxy) is 3. The van der Waals surface area contributed by atoms with Gasteiger partial charge in [0.1, 0.15) is 28.5 Å². The number of nitrogens with zero attached hydrogens (tertiary/aromatic N) is 10. The highest BCUT2D eigenvalue weighted by Crippen LogP contribution is 2.39. The van der Waals surface area contributed by atoms with Crippen molar-refractivity contribution >= 4 is 55.7 Å². The van der Waals surface area contributed by atoms with Crippen molar-refractivity contribution in [2.24, 2.45) is 11.5 Å². The number of nitrogens with two attached hydrogens (primary N) is 2. The molecular weight excluding hydrogens is 813 g/mol. The SMILES string of the molecule is CCn1cc(C)cc1-c1ncc2c3cc(C(N)=O)cc(OC)c3n(CCCCn3c4nc(-c5cc(C)nn5CC)ncc4c4cc(C(N)=O)cc(OCCCN5CCOCC5)c43)c2n1. The summed E-state index contributed by atoms with van der Waals surface area (Å²) in [5.41, 5.74) is 19.2. The monoisotopic (exact) mass is 866 g/mol. The minimum atomic E-state index is -0.550. The number of rotatable bonds is 17. The molecule has 0 aliphatic carbocycles. The van der Waals surface area contributed by atoms with Crippen LogP contribution >= 0.6 is 0 Å². The standard InChI is InChI=1S/C47H54N12O5/c1-6-56-27-28(3)19-36(56)44-50-25-34-32-21-30(42(48)60)23-38(62-5)40(32)57(46(34)52-44)12-8-9-13-58-41-33(35-26-51-45(53-47(35)58)37-20-29(4)54-59(37)7-2)22-31(43(49)61)24-39(41)64-16-10-11-55-14-17-63-18-15-55/h19-27H,6-18H2,1-5H3,(H2,48,60)(H2,49,61). The average Bonchev–Trinajstić information content (AvgIpc) is 4.06. The number of morpholine rings is 1. The van der Waals surface area contributed by atoms with Crippen molar-refractivity contribution in [1.82, 2.24) is 48.3 Å². The molecule has 17 heteroatoms. The van der Waals surface area contributed by atoms with Crippen LogP contribution in [0.1, 0.15) is 65.1 Å². The zero-order valence-corrected chi connectivity index (χ0v) is 37.1. The number of hydrogen-bond donors (Lipinski definition) is 2. The lowest BCUT2D eigenvalue weighted by Crippen LogP contribution is -2.37. The second-order valence-corrected chi connectivity index (χ2v) is 16.4. The molecule has 0 atom stereocenters. The van der Waals surface area contributed by atoms with Gasteiger partial charge in [-0.05, 0) is 88.9 Å². The zero-order chi connectivity index (χ0) is 44.6. The molecule has 8 aromatic rings. The highest BCUT2D eigenvalue weighted by Gasteiger charge is 2.24. The van der Waals surface area contributed by atoms with Crippen molar-refractivity contribution in [3.8, 4) is 34.5 Å². The van der Waals surface area contributed by atoms with E-state index in [2.05, 4.69) is 49.8 Å². The second kappa shape index (κ2) is 17.7. The zero-order valence-electron chi connectivity index (χ0n) is 37.1. The molecule has 17 nitrogen and oxygen atoms in total. The lowest BCUT2D eigenvalue weighted by molar-refractivity contribution is 0.0358. The fourth-order valence-corrected chi connectivity index (χ4v) is 9.07. The maximum atomic E-state index is 12.8. The molecule has 0 saturated carbocycles. The van der Waals surface area contributed by atoms with Crippen LogP contribution in [-0.2, 0) is 30.9 Å². The lowest BCUT2D eigenvalue weighted by Gasteiger charge is -2.26. The van der Waals surface area contributed by atoms with Crippen LogP contribution in [0.5, 0.6) is 11.5 Å². The minimum Gasteiger partial charge on any atom is -0.495 e. The fraction of sp³-hybridized carbons (Fsp3) is 0.383. The number of aromatic nitrogens is 9. The van der Waals surface area contributed by atoms with E-state index in [1.54, 1.807) is 25.3 Å². The third kappa shape index (κ3) is 7.89. The molecule has 4 N–H and O–H groups in total. The normalized spacial score (nSPS) is 13.5. The van der Waals surface area contributed by atoms with E-state index < -0.39 is 11.8 Å². The van der Waals surface area contributed by atoms with Gasteiger partial charge in [-0.2, -0.15) is 5.10 Å². The predicted octanol–water partition coefficient (Wildman–Crippen LogP) is 6.26. The largest absolute Gasteiger partial charge is 0.495 e. The van der Waals surface area contributed by atoms with Gasteiger partial charge in [-0.15, -0.1) is 0 Å². The lowest BCUT2D eigenvalue weighted by atomic mass is 10.1. The van der Waals surface area contributed by atoms with E-state index in [9.17, 15) is 9.59 Å². The Labute approximate surface area is 369 Å². The molecule has 2 amide bonds. The molecule has 1 aliphatic rings. The fourth-order valence-electron chi connectivity index (χ4n) is 9.07. The van der Waals surface area contributed by atoms with Crippen LogP contribution in [0, 0.1) is 13.8 Å². The van der Waals surface area contributed by atoms with Crippen molar-refractivity contribution in [3.63, 3.8) is 0 Å². The maximum Gasteiger partial charge on any atom is 0.248 e. The van der Waals surface area contributed by atoms with Crippen LogP contribution < -0.4 is 20.9 Å². The first-order valence-electron chi connectivity index (χ1n) is 22.0. The van der Waals surface area contributed by atoms with E-state index in [-0.39, 0.29) is 0 Å². The highest BCUT2D eigenvalue weighted by atomic mass is 16.5. The number of aryl methyl sites for hydroxylation is 6. The number of carbonyl (C=O) groups is 2. The van der Waals surface area contributed by atoms with Crippen LogP contribution in [0.2, 0.25) is 0 Å². The Bertz CT molecular complexity index is 3060. The molecular formula is C47H54N12O5. The summed E-state index contributed by atoms with van der Waals surface area (Å²) < 4.78 is 26.4. The molecule has 0 unspecified atom stereocenters. The predicted molar refractivity (Wildman–Crippen MR) is 246 cm³/mol. The van der Waals surface area contributed by atoms with E-state index in [1.165, 1.54) is 0 Å². The molecule has 1 aliphatic heterocycles. The van der Waals surface area contributed by atoms with E-state index in [4.69, 9.17) is 45.6 Å². The molecule has 6 aromatic heterocycles. The minimum absolute atomic E-state index is 0.339. The summed E-state index contributed by atoms with van der Waals surface area (Å²) in [5.74, 6) is 1.15. The van der Waals surface area contributed by atoms with Gasteiger partial charge >= 0.3 is 0 Å². The molecule has 0 spiro atoms. The molecule has 9 rings (SSSR count). The molecule has 332 valence electrons.